The number of nitrogens with zero attached hydrogens (tertiary/aromatic N) is 3. The Morgan fingerprint density at radius 2 is 1.80 bits per heavy atom. The average molecular weight is 679 g/mol. The van der Waals surface area contributed by atoms with E-state index in [2.05, 4.69) is 15.3 Å². The average Bonchev–Trinajstić information content (AvgIpc) is 3.58. The van der Waals surface area contributed by atoms with Gasteiger partial charge in [0.05, 0.1) is 10.9 Å². The molecule has 1 fully saturated rings. The number of halogens is 3. The van der Waals surface area contributed by atoms with Crippen LogP contribution in [0.15, 0.2) is 10.8 Å². The summed E-state index contributed by atoms with van der Waals surface area (Å²) in [5, 5.41) is 14.9. The summed E-state index contributed by atoms with van der Waals surface area (Å²) in [4.78, 5) is 59.4. The number of alkyl halides is 3. The molecule has 1 aliphatic heterocycles. The molecule has 0 radical (unpaired) electrons. The largest absolute Gasteiger partial charge is 0.481 e. The van der Waals surface area contributed by atoms with Crippen molar-refractivity contribution >= 4 is 58.2 Å². The highest BCUT2D eigenvalue weighted by atomic mass is 32.2. The number of ether oxygens (including phenoxy) is 1. The first-order chi connectivity index (χ1) is 20.5. The zero-order chi connectivity index (χ0) is 32.8. The van der Waals surface area contributed by atoms with E-state index >= 15 is 0 Å². The number of thioether (sulfide) groups is 1. The summed E-state index contributed by atoms with van der Waals surface area (Å²) < 4.78 is 44.7. The van der Waals surface area contributed by atoms with Crippen LogP contribution in [-0.2, 0) is 31.7 Å². The Kier molecular flexibility index (Phi) is 12.6. The van der Waals surface area contributed by atoms with Crippen molar-refractivity contribution in [2.75, 3.05) is 18.6 Å². The molecule has 4 atom stereocenters. The summed E-state index contributed by atoms with van der Waals surface area (Å²) in [6.07, 6.45) is -4.90. The van der Waals surface area contributed by atoms with Crippen molar-refractivity contribution in [3.8, 4) is 0 Å². The molecule has 1 saturated heterocycles. The predicted molar refractivity (Wildman–Crippen MR) is 162 cm³/mol. The molecule has 3 heterocycles. The Bertz CT molecular complexity index is 1310. The molecule has 0 saturated carbocycles. The highest BCUT2D eigenvalue weighted by Crippen LogP contribution is 2.33. The molecule has 2 N–H and O–H groups in total. The smallest absolute Gasteiger partial charge is 0.434 e. The standard InChI is InChI=1S/C28H37F3N4O6S3/c1-14(2)20(35(5)24(37)7-17-10-42-11-17)9-21(41-16(4)36)26-33-19(12-44-26)25(38)32-18(6-15(3)27(39)40)8-23-34-22(13-43-23)28(29,30)31/h12-15,17-18,20-21H,6-11H2,1-5H3,(H,32,38)(H,39,40)/t15-,18+,20?,21?/m0/s1. The van der Waals surface area contributed by atoms with Crippen molar-refractivity contribution in [2.45, 2.75) is 77.7 Å². The molecule has 0 aliphatic carbocycles. The summed E-state index contributed by atoms with van der Waals surface area (Å²) in [7, 11) is 1.74. The first kappa shape index (κ1) is 35.8. The van der Waals surface area contributed by atoms with E-state index in [0.717, 1.165) is 39.6 Å². The maximum absolute atomic E-state index is 13.2. The number of aliphatic carboxylic acids is 1. The van der Waals surface area contributed by atoms with Gasteiger partial charge in [-0.2, -0.15) is 24.9 Å². The van der Waals surface area contributed by atoms with Crippen molar-refractivity contribution in [2.24, 2.45) is 17.8 Å². The third-order valence-corrected chi connectivity index (χ3v) is 10.5. The Hall–Kier alpha value is -2.72. The minimum absolute atomic E-state index is 0.0130. The Labute approximate surface area is 266 Å². The number of esters is 1. The number of carbonyl (C=O) groups is 4. The van der Waals surface area contributed by atoms with Crippen LogP contribution in [0.1, 0.15) is 79.3 Å². The molecule has 244 valence electrons. The number of rotatable bonds is 15. The van der Waals surface area contributed by atoms with Crippen molar-refractivity contribution in [3.63, 3.8) is 0 Å². The van der Waals surface area contributed by atoms with E-state index in [4.69, 9.17) is 4.74 Å². The van der Waals surface area contributed by atoms with Crippen molar-refractivity contribution in [1.29, 1.82) is 0 Å². The fraction of sp³-hybridized carbons (Fsp3) is 0.643. The molecule has 1 aliphatic rings. The lowest BCUT2D eigenvalue weighted by Crippen LogP contribution is -2.43. The van der Waals surface area contributed by atoms with Crippen molar-refractivity contribution in [1.82, 2.24) is 20.2 Å². The first-order valence-corrected chi connectivity index (χ1v) is 17.0. The zero-order valence-electron chi connectivity index (χ0n) is 25.1. The topological polar surface area (TPSA) is 139 Å². The number of amides is 2. The molecule has 0 aromatic carbocycles. The number of carboxylic acids is 1. The fourth-order valence-corrected chi connectivity index (χ4v) is 7.27. The summed E-state index contributed by atoms with van der Waals surface area (Å²) in [6, 6.07) is -1.11. The summed E-state index contributed by atoms with van der Waals surface area (Å²) in [5.41, 5.74) is -1.07. The van der Waals surface area contributed by atoms with Gasteiger partial charge in [-0.15, -0.1) is 22.7 Å². The lowest BCUT2D eigenvalue weighted by atomic mass is 9.95. The quantitative estimate of drug-likeness (QED) is 0.240. The summed E-state index contributed by atoms with van der Waals surface area (Å²) in [5.74, 6) is -0.900. The number of hydrogen-bond donors (Lipinski definition) is 2. The van der Waals surface area contributed by atoms with E-state index in [9.17, 15) is 37.5 Å². The van der Waals surface area contributed by atoms with Gasteiger partial charge < -0.3 is 20.1 Å². The van der Waals surface area contributed by atoms with Crippen LogP contribution in [-0.4, -0.2) is 74.4 Å². The maximum Gasteiger partial charge on any atom is 0.434 e. The van der Waals surface area contributed by atoms with Crippen LogP contribution < -0.4 is 5.32 Å². The van der Waals surface area contributed by atoms with Gasteiger partial charge in [-0.3, -0.25) is 19.2 Å². The second kappa shape index (κ2) is 15.5. The van der Waals surface area contributed by atoms with Crippen LogP contribution in [0.3, 0.4) is 0 Å². The van der Waals surface area contributed by atoms with Gasteiger partial charge in [-0.25, -0.2) is 9.97 Å². The van der Waals surface area contributed by atoms with Crippen LogP contribution >= 0.6 is 34.4 Å². The number of aromatic nitrogens is 2. The van der Waals surface area contributed by atoms with Crippen LogP contribution in [0.25, 0.3) is 0 Å². The third kappa shape index (κ3) is 10.2. The van der Waals surface area contributed by atoms with E-state index < -0.39 is 47.8 Å². The van der Waals surface area contributed by atoms with Crippen LogP contribution in [0.5, 0.6) is 0 Å². The van der Waals surface area contributed by atoms with Crippen molar-refractivity contribution in [3.05, 3.63) is 32.2 Å². The molecule has 44 heavy (non-hydrogen) atoms. The molecular formula is C28H37F3N4O6S3. The lowest BCUT2D eigenvalue weighted by Gasteiger charge is -2.35. The molecule has 2 aromatic heterocycles. The molecule has 16 heteroatoms. The van der Waals surface area contributed by atoms with Gasteiger partial charge in [-0.05, 0) is 29.8 Å². The van der Waals surface area contributed by atoms with E-state index in [-0.39, 0.29) is 47.8 Å². The Morgan fingerprint density at radius 1 is 1.11 bits per heavy atom. The molecule has 2 amide bonds. The summed E-state index contributed by atoms with van der Waals surface area (Å²) in [6.45, 7) is 6.64. The Balaban J connectivity index is 1.77. The van der Waals surface area contributed by atoms with E-state index in [1.165, 1.54) is 19.2 Å². The Morgan fingerprint density at radius 3 is 2.32 bits per heavy atom. The molecule has 0 spiro atoms. The lowest BCUT2D eigenvalue weighted by molar-refractivity contribution is -0.148. The van der Waals surface area contributed by atoms with Gasteiger partial charge in [0.25, 0.3) is 5.91 Å². The molecule has 3 rings (SSSR count). The van der Waals surface area contributed by atoms with Crippen LogP contribution in [0.2, 0.25) is 0 Å². The second-order valence-electron chi connectivity index (χ2n) is 11.3. The van der Waals surface area contributed by atoms with E-state index in [0.29, 0.717) is 17.3 Å². The molecule has 0 bridgehead atoms. The first-order valence-electron chi connectivity index (χ1n) is 14.1. The third-order valence-electron chi connectivity index (χ3n) is 7.28. The minimum atomic E-state index is -4.62. The van der Waals surface area contributed by atoms with Gasteiger partial charge in [-0.1, -0.05) is 20.8 Å². The maximum atomic E-state index is 13.2. The molecule has 2 aromatic rings. The minimum Gasteiger partial charge on any atom is -0.481 e. The molecule has 10 nitrogen and oxygen atoms in total. The number of thiazole rings is 2. The normalized spacial score (nSPS) is 16.5. The number of hydrogen-bond acceptors (Lipinski definition) is 10. The van der Waals surface area contributed by atoms with Gasteiger partial charge in [0.15, 0.2) is 11.8 Å². The fourth-order valence-electron chi connectivity index (χ4n) is 4.74. The molecule has 2 unspecified atom stereocenters. The highest BCUT2D eigenvalue weighted by molar-refractivity contribution is 8.00. The van der Waals surface area contributed by atoms with Crippen LogP contribution in [0, 0.1) is 17.8 Å². The van der Waals surface area contributed by atoms with Gasteiger partial charge in [0.2, 0.25) is 5.91 Å². The van der Waals surface area contributed by atoms with E-state index in [1.54, 1.807) is 23.7 Å². The van der Waals surface area contributed by atoms with E-state index in [1.807, 2.05) is 13.8 Å². The second-order valence-corrected chi connectivity index (χ2v) is 14.2. The predicted octanol–water partition coefficient (Wildman–Crippen LogP) is 5.30. The number of carboxylic acid groups (broad SMARTS) is 1. The summed E-state index contributed by atoms with van der Waals surface area (Å²) >= 11 is 3.68. The highest BCUT2D eigenvalue weighted by Gasteiger charge is 2.35. The van der Waals surface area contributed by atoms with Gasteiger partial charge >= 0.3 is 18.1 Å². The van der Waals surface area contributed by atoms with Crippen molar-refractivity contribution < 1.29 is 42.2 Å². The van der Waals surface area contributed by atoms with Gasteiger partial charge in [0.1, 0.15) is 10.7 Å². The van der Waals surface area contributed by atoms with Gasteiger partial charge in [0, 0.05) is 56.1 Å². The monoisotopic (exact) mass is 678 g/mol. The number of nitrogens with one attached hydrogen (secondary N) is 1. The number of carbonyl (C=O) groups excluding carboxylic acids is 3. The zero-order valence-corrected chi connectivity index (χ0v) is 27.5. The van der Waals surface area contributed by atoms with Crippen LogP contribution in [0.4, 0.5) is 13.2 Å². The SMILES string of the molecule is CC(=O)OC(CC(C(C)C)N(C)C(=O)CC1CSC1)c1nc(C(=O)N[C@@H](Cc2nc(C(F)(F)F)cs2)C[C@H](C)C(=O)O)cs1. The molecular weight excluding hydrogens is 642 g/mol.